The predicted molar refractivity (Wildman–Crippen MR) is 59.7 cm³/mol. The molecule has 1 fully saturated rings. The lowest BCUT2D eigenvalue weighted by molar-refractivity contribution is 0.174. The van der Waals surface area contributed by atoms with Gasteiger partial charge in [0.15, 0.2) is 11.5 Å². The minimum Gasteiger partial charge on any atom is -0.454 e. The maximum atomic E-state index is 9.11. The quantitative estimate of drug-likeness (QED) is 0.846. The fourth-order valence-corrected chi connectivity index (χ4v) is 2.46. The lowest BCUT2D eigenvalue weighted by Crippen LogP contribution is -2.03. The number of fused-ring (bicyclic) bond motifs is 1. The van der Waals surface area contributed by atoms with E-state index in [4.69, 9.17) is 14.6 Å². The molecule has 1 saturated carbocycles. The van der Waals surface area contributed by atoms with E-state index in [2.05, 4.69) is 12.1 Å². The van der Waals surface area contributed by atoms with Gasteiger partial charge in [-0.2, -0.15) is 0 Å². The van der Waals surface area contributed by atoms with Crippen LogP contribution in [0.4, 0.5) is 0 Å². The highest BCUT2D eigenvalue weighted by Crippen LogP contribution is 2.46. The van der Waals surface area contributed by atoms with Gasteiger partial charge in [-0.1, -0.05) is 6.07 Å². The Kier molecular flexibility index (Phi) is 2.48. The third-order valence-corrected chi connectivity index (χ3v) is 3.46. The first-order chi connectivity index (χ1) is 7.88. The molecule has 1 unspecified atom stereocenters. The summed E-state index contributed by atoms with van der Waals surface area (Å²) < 4.78 is 10.7. The van der Waals surface area contributed by atoms with Crippen LogP contribution in [-0.2, 0) is 0 Å². The highest BCUT2D eigenvalue weighted by atomic mass is 16.7. The molecule has 0 aromatic heterocycles. The third kappa shape index (κ3) is 1.76. The van der Waals surface area contributed by atoms with Gasteiger partial charge in [-0.3, -0.25) is 0 Å². The van der Waals surface area contributed by atoms with Gasteiger partial charge in [0.25, 0.3) is 0 Å². The zero-order valence-electron chi connectivity index (χ0n) is 9.19. The molecule has 1 aromatic carbocycles. The minimum absolute atomic E-state index is 0.260. The number of rotatable bonds is 4. The standard InChI is InChI=1S/C13H16O3/c14-6-5-11(9-1-2-9)10-3-4-12-13(7-10)16-8-15-12/h3-4,7,9,11,14H,1-2,5-6,8H2. The van der Waals surface area contributed by atoms with E-state index in [-0.39, 0.29) is 6.61 Å². The summed E-state index contributed by atoms with van der Waals surface area (Å²) >= 11 is 0. The minimum atomic E-state index is 0.260. The molecule has 3 rings (SSSR count). The molecule has 3 nitrogen and oxygen atoms in total. The Labute approximate surface area is 95.0 Å². The molecule has 1 aromatic rings. The average Bonchev–Trinajstić information content (AvgIpc) is 3.03. The van der Waals surface area contributed by atoms with E-state index < -0.39 is 0 Å². The summed E-state index contributed by atoms with van der Waals surface area (Å²) in [5.41, 5.74) is 1.28. The molecule has 1 aliphatic heterocycles. The van der Waals surface area contributed by atoms with Gasteiger partial charge >= 0.3 is 0 Å². The van der Waals surface area contributed by atoms with E-state index >= 15 is 0 Å². The Morgan fingerprint density at radius 2 is 2.06 bits per heavy atom. The van der Waals surface area contributed by atoms with Crippen molar-refractivity contribution in [2.45, 2.75) is 25.2 Å². The summed E-state index contributed by atoms with van der Waals surface area (Å²) in [5, 5.41) is 9.11. The van der Waals surface area contributed by atoms with Gasteiger partial charge in [0.2, 0.25) is 6.79 Å². The molecule has 0 saturated heterocycles. The van der Waals surface area contributed by atoms with Crippen molar-refractivity contribution >= 4 is 0 Å². The molecule has 0 radical (unpaired) electrons. The van der Waals surface area contributed by atoms with E-state index in [0.717, 1.165) is 23.8 Å². The molecule has 86 valence electrons. The Morgan fingerprint density at radius 3 is 2.81 bits per heavy atom. The summed E-state index contributed by atoms with van der Waals surface area (Å²) in [7, 11) is 0. The highest BCUT2D eigenvalue weighted by Gasteiger charge is 2.32. The van der Waals surface area contributed by atoms with Crippen molar-refractivity contribution in [2.24, 2.45) is 5.92 Å². The van der Waals surface area contributed by atoms with Gasteiger partial charge in [0.1, 0.15) is 0 Å². The van der Waals surface area contributed by atoms with Crippen molar-refractivity contribution in [3.8, 4) is 11.5 Å². The van der Waals surface area contributed by atoms with Crippen LogP contribution in [0.5, 0.6) is 11.5 Å². The highest BCUT2D eigenvalue weighted by molar-refractivity contribution is 5.45. The number of hydrogen-bond donors (Lipinski definition) is 1. The van der Waals surface area contributed by atoms with Crippen molar-refractivity contribution in [3.05, 3.63) is 23.8 Å². The molecule has 1 atom stereocenters. The molecule has 0 amide bonds. The van der Waals surface area contributed by atoms with Crippen LogP contribution in [-0.4, -0.2) is 18.5 Å². The van der Waals surface area contributed by atoms with Crippen LogP contribution in [0.3, 0.4) is 0 Å². The van der Waals surface area contributed by atoms with E-state index in [1.807, 2.05) is 6.07 Å². The smallest absolute Gasteiger partial charge is 0.231 e. The Bertz CT molecular complexity index is 385. The van der Waals surface area contributed by atoms with E-state index in [0.29, 0.717) is 12.7 Å². The zero-order valence-corrected chi connectivity index (χ0v) is 9.19. The van der Waals surface area contributed by atoms with Gasteiger partial charge in [0, 0.05) is 6.61 Å². The number of ether oxygens (including phenoxy) is 2. The van der Waals surface area contributed by atoms with Gasteiger partial charge in [0.05, 0.1) is 0 Å². The molecule has 1 N–H and O–H groups in total. The fraction of sp³-hybridized carbons (Fsp3) is 0.538. The van der Waals surface area contributed by atoms with Crippen molar-refractivity contribution in [1.82, 2.24) is 0 Å². The van der Waals surface area contributed by atoms with Crippen LogP contribution in [0.25, 0.3) is 0 Å². The molecule has 1 aliphatic carbocycles. The van der Waals surface area contributed by atoms with E-state index in [1.54, 1.807) is 0 Å². The number of hydrogen-bond acceptors (Lipinski definition) is 3. The fourth-order valence-electron chi connectivity index (χ4n) is 2.46. The maximum absolute atomic E-state index is 9.11. The first kappa shape index (κ1) is 9.97. The van der Waals surface area contributed by atoms with Crippen LogP contribution < -0.4 is 9.47 Å². The Hall–Kier alpha value is -1.22. The van der Waals surface area contributed by atoms with Crippen LogP contribution in [0.2, 0.25) is 0 Å². The second kappa shape index (κ2) is 3.98. The monoisotopic (exact) mass is 220 g/mol. The number of benzene rings is 1. The lowest BCUT2D eigenvalue weighted by Gasteiger charge is -2.15. The molecule has 0 bridgehead atoms. The van der Waals surface area contributed by atoms with Crippen molar-refractivity contribution in [2.75, 3.05) is 13.4 Å². The topological polar surface area (TPSA) is 38.7 Å². The maximum Gasteiger partial charge on any atom is 0.231 e. The summed E-state index contributed by atoms with van der Waals surface area (Å²) in [6.07, 6.45) is 3.43. The Balaban J connectivity index is 1.86. The number of aliphatic hydroxyl groups is 1. The molecule has 1 heterocycles. The molecular weight excluding hydrogens is 204 g/mol. The largest absolute Gasteiger partial charge is 0.454 e. The summed E-state index contributed by atoms with van der Waals surface area (Å²) in [6, 6.07) is 6.15. The van der Waals surface area contributed by atoms with Crippen molar-refractivity contribution < 1.29 is 14.6 Å². The summed E-state index contributed by atoms with van der Waals surface area (Å²) in [5.74, 6) is 2.93. The molecule has 2 aliphatic rings. The predicted octanol–water partition coefficient (Wildman–Crippen LogP) is 2.29. The molecule has 0 spiro atoms. The molecule has 16 heavy (non-hydrogen) atoms. The zero-order chi connectivity index (χ0) is 11.0. The first-order valence-electron chi connectivity index (χ1n) is 5.89. The van der Waals surface area contributed by atoms with E-state index in [1.165, 1.54) is 18.4 Å². The summed E-state index contributed by atoms with van der Waals surface area (Å²) in [6.45, 7) is 0.586. The normalized spacial score (nSPS) is 19.8. The van der Waals surface area contributed by atoms with Gasteiger partial charge in [-0.25, -0.2) is 0 Å². The Morgan fingerprint density at radius 1 is 1.25 bits per heavy atom. The first-order valence-corrected chi connectivity index (χ1v) is 5.89. The van der Waals surface area contributed by atoms with Crippen LogP contribution in [0, 0.1) is 5.92 Å². The second-order valence-corrected chi connectivity index (χ2v) is 4.57. The van der Waals surface area contributed by atoms with E-state index in [9.17, 15) is 0 Å². The molecular formula is C13H16O3. The second-order valence-electron chi connectivity index (χ2n) is 4.57. The van der Waals surface area contributed by atoms with Crippen LogP contribution in [0.1, 0.15) is 30.7 Å². The van der Waals surface area contributed by atoms with Gasteiger partial charge < -0.3 is 14.6 Å². The van der Waals surface area contributed by atoms with Crippen LogP contribution in [0.15, 0.2) is 18.2 Å². The van der Waals surface area contributed by atoms with Crippen molar-refractivity contribution in [3.63, 3.8) is 0 Å². The lowest BCUT2D eigenvalue weighted by atomic mass is 9.91. The SMILES string of the molecule is OCCC(c1ccc2c(c1)OCO2)C1CC1. The molecule has 3 heteroatoms. The third-order valence-electron chi connectivity index (χ3n) is 3.46. The average molecular weight is 220 g/mol. The van der Waals surface area contributed by atoms with Gasteiger partial charge in [-0.15, -0.1) is 0 Å². The van der Waals surface area contributed by atoms with Crippen LogP contribution >= 0.6 is 0 Å². The summed E-state index contributed by atoms with van der Waals surface area (Å²) in [4.78, 5) is 0. The number of aliphatic hydroxyl groups excluding tert-OH is 1. The van der Waals surface area contributed by atoms with Crippen molar-refractivity contribution in [1.29, 1.82) is 0 Å². The van der Waals surface area contributed by atoms with Gasteiger partial charge in [-0.05, 0) is 48.8 Å².